The summed E-state index contributed by atoms with van der Waals surface area (Å²) in [6.07, 6.45) is 0.806. The summed E-state index contributed by atoms with van der Waals surface area (Å²) in [5, 5.41) is 2.67. The highest BCUT2D eigenvalue weighted by Gasteiger charge is 2.22. The maximum Gasteiger partial charge on any atom is 0.338 e. The van der Waals surface area contributed by atoms with Gasteiger partial charge in [-0.2, -0.15) is 0 Å². The molecule has 2 rings (SSSR count). The van der Waals surface area contributed by atoms with Gasteiger partial charge in [0.05, 0.1) is 19.2 Å². The molecule has 0 spiro atoms. The zero-order valence-electron chi connectivity index (χ0n) is 15.7. The van der Waals surface area contributed by atoms with E-state index in [1.54, 1.807) is 0 Å². The molecule has 0 radical (unpaired) electrons. The zero-order chi connectivity index (χ0) is 19.8. The van der Waals surface area contributed by atoms with Gasteiger partial charge < -0.3 is 29.2 Å². The summed E-state index contributed by atoms with van der Waals surface area (Å²) >= 11 is 0. The lowest BCUT2D eigenvalue weighted by Gasteiger charge is -2.21. The lowest BCUT2D eigenvalue weighted by Crippen LogP contribution is -2.40. The van der Waals surface area contributed by atoms with Gasteiger partial charge in [0.2, 0.25) is 11.7 Å². The molecule has 0 unspecified atom stereocenters. The summed E-state index contributed by atoms with van der Waals surface area (Å²) in [6.45, 7) is 2.64. The summed E-state index contributed by atoms with van der Waals surface area (Å²) in [7, 11) is 2.92. The molecular weight excluding hydrogens is 356 g/mol. The molecule has 1 aromatic rings. The maximum absolute atomic E-state index is 12.3. The first kappa shape index (κ1) is 20.3. The molecule has 0 atom stereocenters. The van der Waals surface area contributed by atoms with Crippen LogP contribution in [0.1, 0.15) is 23.7 Å². The van der Waals surface area contributed by atoms with Gasteiger partial charge in [0, 0.05) is 13.6 Å². The van der Waals surface area contributed by atoms with Crippen molar-refractivity contribution in [3.63, 3.8) is 0 Å². The van der Waals surface area contributed by atoms with Gasteiger partial charge in [-0.25, -0.2) is 4.79 Å². The fourth-order valence-corrected chi connectivity index (χ4v) is 2.34. The Kier molecular flexibility index (Phi) is 7.27. The van der Waals surface area contributed by atoms with Gasteiger partial charge in [0.1, 0.15) is 13.2 Å². The number of fused-ring (bicyclic) bond motifs is 1. The van der Waals surface area contributed by atoms with Crippen molar-refractivity contribution in [1.82, 2.24) is 10.2 Å². The van der Waals surface area contributed by atoms with Crippen molar-refractivity contribution in [1.29, 1.82) is 0 Å². The molecular formula is C18H24N2O7. The number of carbonyl (C=O) groups is 3. The Hall–Kier alpha value is -2.97. The lowest BCUT2D eigenvalue weighted by atomic mass is 10.1. The van der Waals surface area contributed by atoms with Crippen LogP contribution in [0, 0.1) is 0 Å². The van der Waals surface area contributed by atoms with E-state index in [2.05, 4.69) is 5.32 Å². The standard InChI is InChI=1S/C18H24N2O7/c1-4-5-19-15(21)10-20(2)16(22)11-27-18(23)12-8-13(24-3)17-14(9-12)25-6-7-26-17/h8-9H,4-7,10-11H2,1-3H3,(H,19,21). The SMILES string of the molecule is CCCNC(=O)CN(C)C(=O)COC(=O)c1cc(OC)c2c(c1)OCCO2. The molecule has 148 valence electrons. The van der Waals surface area contributed by atoms with Crippen LogP contribution in [0.5, 0.6) is 17.2 Å². The number of ether oxygens (including phenoxy) is 4. The van der Waals surface area contributed by atoms with Crippen LogP contribution in [-0.4, -0.2) is 69.8 Å². The van der Waals surface area contributed by atoms with Crippen molar-refractivity contribution in [3.05, 3.63) is 17.7 Å². The minimum Gasteiger partial charge on any atom is -0.493 e. The number of hydrogen-bond donors (Lipinski definition) is 1. The highest BCUT2D eigenvalue weighted by molar-refractivity contribution is 5.93. The van der Waals surface area contributed by atoms with Crippen LogP contribution in [0.4, 0.5) is 0 Å². The number of benzene rings is 1. The number of likely N-dealkylation sites (N-methyl/N-ethyl adjacent to an activating group) is 1. The smallest absolute Gasteiger partial charge is 0.338 e. The van der Waals surface area contributed by atoms with Gasteiger partial charge in [-0.1, -0.05) is 6.92 Å². The molecule has 1 aliphatic rings. The van der Waals surface area contributed by atoms with Gasteiger partial charge in [0.15, 0.2) is 18.1 Å². The van der Waals surface area contributed by atoms with Crippen molar-refractivity contribution in [3.8, 4) is 17.2 Å². The molecule has 1 N–H and O–H groups in total. The second kappa shape index (κ2) is 9.65. The number of nitrogens with one attached hydrogen (secondary N) is 1. The summed E-state index contributed by atoms with van der Waals surface area (Å²) in [5.41, 5.74) is 0.173. The number of esters is 1. The van der Waals surface area contributed by atoms with E-state index in [0.29, 0.717) is 37.0 Å². The third kappa shape index (κ3) is 5.50. The Balaban J connectivity index is 1.93. The Labute approximate surface area is 157 Å². The van der Waals surface area contributed by atoms with Crippen LogP contribution in [0.2, 0.25) is 0 Å². The number of amides is 2. The van der Waals surface area contributed by atoms with Crippen LogP contribution < -0.4 is 19.5 Å². The van der Waals surface area contributed by atoms with Gasteiger partial charge >= 0.3 is 5.97 Å². The van der Waals surface area contributed by atoms with Crippen LogP contribution in [-0.2, 0) is 14.3 Å². The predicted octanol–water partition coefficient (Wildman–Crippen LogP) is 0.608. The average molecular weight is 380 g/mol. The molecule has 1 aliphatic heterocycles. The van der Waals surface area contributed by atoms with Crippen molar-refractivity contribution < 1.29 is 33.3 Å². The molecule has 27 heavy (non-hydrogen) atoms. The van der Waals surface area contributed by atoms with E-state index in [4.69, 9.17) is 18.9 Å². The molecule has 1 heterocycles. The quantitative estimate of drug-likeness (QED) is 0.659. The van der Waals surface area contributed by atoms with Crippen molar-refractivity contribution in [2.45, 2.75) is 13.3 Å². The zero-order valence-corrected chi connectivity index (χ0v) is 15.7. The number of nitrogens with zero attached hydrogens (tertiary/aromatic N) is 1. The van der Waals surface area contributed by atoms with Gasteiger partial charge in [-0.3, -0.25) is 9.59 Å². The highest BCUT2D eigenvalue weighted by atomic mass is 16.6. The Bertz CT molecular complexity index is 688. The molecule has 0 saturated heterocycles. The molecule has 0 saturated carbocycles. The molecule has 9 heteroatoms. The van der Waals surface area contributed by atoms with E-state index in [1.165, 1.54) is 31.2 Å². The van der Waals surface area contributed by atoms with E-state index in [-0.39, 0.29) is 18.0 Å². The Morgan fingerprint density at radius 1 is 1.22 bits per heavy atom. The van der Waals surface area contributed by atoms with E-state index < -0.39 is 18.5 Å². The second-order valence-electron chi connectivity index (χ2n) is 5.88. The third-order valence-corrected chi connectivity index (χ3v) is 3.77. The largest absolute Gasteiger partial charge is 0.493 e. The predicted molar refractivity (Wildman–Crippen MR) is 95.2 cm³/mol. The molecule has 9 nitrogen and oxygen atoms in total. The monoisotopic (exact) mass is 380 g/mol. The highest BCUT2D eigenvalue weighted by Crippen LogP contribution is 2.40. The Morgan fingerprint density at radius 3 is 2.67 bits per heavy atom. The van der Waals surface area contributed by atoms with Crippen molar-refractivity contribution in [2.75, 3.05) is 47.1 Å². The normalized spacial score (nSPS) is 12.1. The number of carbonyl (C=O) groups excluding carboxylic acids is 3. The van der Waals surface area contributed by atoms with Crippen LogP contribution in [0.25, 0.3) is 0 Å². The van der Waals surface area contributed by atoms with E-state index in [9.17, 15) is 14.4 Å². The summed E-state index contributed by atoms with van der Waals surface area (Å²) < 4.78 is 21.2. The number of rotatable bonds is 8. The number of hydrogen-bond acceptors (Lipinski definition) is 7. The molecule has 0 bridgehead atoms. The van der Waals surface area contributed by atoms with E-state index in [1.807, 2.05) is 6.92 Å². The van der Waals surface area contributed by atoms with Crippen LogP contribution >= 0.6 is 0 Å². The van der Waals surface area contributed by atoms with Gasteiger partial charge in [0.25, 0.3) is 5.91 Å². The van der Waals surface area contributed by atoms with Gasteiger partial charge in [-0.05, 0) is 18.6 Å². The van der Waals surface area contributed by atoms with Crippen molar-refractivity contribution >= 4 is 17.8 Å². The topological polar surface area (TPSA) is 103 Å². The minimum absolute atomic E-state index is 0.103. The third-order valence-electron chi connectivity index (χ3n) is 3.77. The van der Waals surface area contributed by atoms with E-state index in [0.717, 1.165) is 6.42 Å². The Morgan fingerprint density at radius 2 is 1.96 bits per heavy atom. The first-order chi connectivity index (χ1) is 13.0. The van der Waals surface area contributed by atoms with Crippen LogP contribution in [0.15, 0.2) is 12.1 Å². The fraction of sp³-hybridized carbons (Fsp3) is 0.500. The second-order valence-corrected chi connectivity index (χ2v) is 5.88. The maximum atomic E-state index is 12.3. The minimum atomic E-state index is -0.706. The first-order valence-corrected chi connectivity index (χ1v) is 8.61. The van der Waals surface area contributed by atoms with E-state index >= 15 is 0 Å². The molecule has 2 amide bonds. The summed E-state index contributed by atoms with van der Waals surface area (Å²) in [5.74, 6) is -0.314. The number of methoxy groups -OCH3 is 1. The van der Waals surface area contributed by atoms with Crippen molar-refractivity contribution in [2.24, 2.45) is 0 Å². The fourth-order valence-electron chi connectivity index (χ4n) is 2.34. The van der Waals surface area contributed by atoms with Gasteiger partial charge in [-0.15, -0.1) is 0 Å². The summed E-state index contributed by atoms with van der Waals surface area (Å²) in [4.78, 5) is 37.1. The molecule has 0 aliphatic carbocycles. The average Bonchev–Trinajstić information content (AvgIpc) is 2.69. The summed E-state index contributed by atoms with van der Waals surface area (Å²) in [6, 6.07) is 2.94. The molecule has 1 aromatic carbocycles. The lowest BCUT2D eigenvalue weighted by molar-refractivity contribution is -0.137. The molecule has 0 fully saturated rings. The van der Waals surface area contributed by atoms with Crippen LogP contribution in [0.3, 0.4) is 0 Å². The first-order valence-electron chi connectivity index (χ1n) is 8.61. The molecule has 0 aromatic heterocycles.